The Hall–Kier alpha value is -0.640. The molecule has 0 aliphatic carbocycles. The van der Waals surface area contributed by atoms with Gasteiger partial charge in [0.25, 0.3) is 0 Å². The van der Waals surface area contributed by atoms with E-state index in [0.29, 0.717) is 6.04 Å². The van der Waals surface area contributed by atoms with Gasteiger partial charge in [0.1, 0.15) is 0 Å². The molecule has 0 bridgehead atoms. The molecule has 108 valence electrons. The second kappa shape index (κ2) is 7.39. The molecule has 0 saturated carbocycles. The largest absolute Gasteiger partial charge is 0.309 e. The molecule has 1 nitrogen and oxygen atoms in total. The van der Waals surface area contributed by atoms with Crippen LogP contribution in [0.5, 0.6) is 0 Å². The maximum atomic E-state index is 3.69. The first kappa shape index (κ1) is 15.7. The van der Waals surface area contributed by atoms with Crippen LogP contribution in [0.25, 0.3) is 0 Å². The molecule has 0 spiro atoms. The predicted molar refractivity (Wildman–Crippen MR) is 92.7 cm³/mol. The molecule has 0 saturated heterocycles. The minimum atomic E-state index is 0.408. The van der Waals surface area contributed by atoms with E-state index in [-0.39, 0.29) is 0 Å². The summed E-state index contributed by atoms with van der Waals surface area (Å²) in [5.74, 6) is 0. The van der Waals surface area contributed by atoms with E-state index in [9.17, 15) is 0 Å². The summed E-state index contributed by atoms with van der Waals surface area (Å²) in [6, 6.07) is 11.4. The highest BCUT2D eigenvalue weighted by molar-refractivity contribution is 9.11. The van der Waals surface area contributed by atoms with E-state index in [1.165, 1.54) is 25.4 Å². The summed E-state index contributed by atoms with van der Waals surface area (Å²) in [7, 11) is 0. The van der Waals surface area contributed by atoms with Crippen LogP contribution in [0.3, 0.4) is 0 Å². The van der Waals surface area contributed by atoms with Gasteiger partial charge in [0, 0.05) is 10.9 Å². The third kappa shape index (κ3) is 3.94. The van der Waals surface area contributed by atoms with E-state index >= 15 is 0 Å². The summed E-state index contributed by atoms with van der Waals surface area (Å²) in [5.41, 5.74) is 4.14. The number of rotatable bonds is 6. The van der Waals surface area contributed by atoms with Crippen LogP contribution in [0.4, 0.5) is 0 Å². The van der Waals surface area contributed by atoms with Crippen LogP contribution in [-0.4, -0.2) is 6.54 Å². The summed E-state index contributed by atoms with van der Waals surface area (Å²) in [6.07, 6.45) is 2.22. The van der Waals surface area contributed by atoms with Gasteiger partial charge in [-0.3, -0.25) is 0 Å². The normalized spacial score (nSPS) is 12.6. The van der Waals surface area contributed by atoms with Gasteiger partial charge >= 0.3 is 0 Å². The van der Waals surface area contributed by atoms with Crippen molar-refractivity contribution in [1.82, 2.24) is 5.32 Å². The molecular formula is C17H22BrNS. The van der Waals surface area contributed by atoms with Crippen LogP contribution >= 0.6 is 27.3 Å². The second-order valence-corrected chi connectivity index (χ2v) is 7.64. The Labute approximate surface area is 134 Å². The quantitative estimate of drug-likeness (QED) is 0.733. The fourth-order valence-electron chi connectivity index (χ4n) is 2.31. The van der Waals surface area contributed by atoms with Crippen LogP contribution in [-0.2, 0) is 6.42 Å². The molecule has 0 amide bonds. The Morgan fingerprint density at radius 2 is 1.95 bits per heavy atom. The van der Waals surface area contributed by atoms with Gasteiger partial charge in [-0.2, -0.15) is 0 Å². The first-order valence-corrected chi connectivity index (χ1v) is 8.76. The topological polar surface area (TPSA) is 12.0 Å². The molecule has 0 aliphatic heterocycles. The van der Waals surface area contributed by atoms with E-state index in [2.05, 4.69) is 72.3 Å². The highest BCUT2D eigenvalue weighted by atomic mass is 79.9. The van der Waals surface area contributed by atoms with Crippen molar-refractivity contribution in [2.75, 3.05) is 6.54 Å². The zero-order chi connectivity index (χ0) is 14.5. The zero-order valence-electron chi connectivity index (χ0n) is 12.4. The van der Waals surface area contributed by atoms with Crippen molar-refractivity contribution in [2.45, 2.75) is 39.7 Å². The standard InChI is InChI=1S/C17H22BrNS/c1-4-9-19-15(16-10-13(3)17(18)20-16)11-14-8-6-5-7-12(14)2/h5-8,10,15,19H,4,9,11H2,1-3H3. The van der Waals surface area contributed by atoms with Crippen molar-refractivity contribution < 1.29 is 0 Å². The molecule has 20 heavy (non-hydrogen) atoms. The molecule has 0 fully saturated rings. The van der Waals surface area contributed by atoms with Crippen LogP contribution in [0, 0.1) is 13.8 Å². The van der Waals surface area contributed by atoms with Crippen molar-refractivity contribution >= 4 is 27.3 Å². The third-order valence-electron chi connectivity index (χ3n) is 3.55. The molecule has 0 radical (unpaired) electrons. The molecule has 1 unspecified atom stereocenters. The first-order valence-electron chi connectivity index (χ1n) is 7.15. The number of thiophene rings is 1. The molecular weight excluding hydrogens is 330 g/mol. The first-order chi connectivity index (χ1) is 9.61. The Kier molecular flexibility index (Phi) is 5.82. The lowest BCUT2D eigenvalue weighted by atomic mass is 10.00. The van der Waals surface area contributed by atoms with Crippen molar-refractivity contribution in [2.24, 2.45) is 0 Å². The Morgan fingerprint density at radius 3 is 2.55 bits per heavy atom. The smallest absolute Gasteiger partial charge is 0.0731 e. The minimum absolute atomic E-state index is 0.408. The molecule has 1 aromatic carbocycles. The van der Waals surface area contributed by atoms with E-state index in [0.717, 1.165) is 19.4 Å². The SMILES string of the molecule is CCCNC(Cc1ccccc1C)c1cc(C)c(Br)s1. The van der Waals surface area contributed by atoms with Crippen LogP contribution < -0.4 is 5.32 Å². The third-order valence-corrected chi connectivity index (χ3v) is 5.80. The number of halogens is 1. The molecule has 0 aliphatic rings. The van der Waals surface area contributed by atoms with Crippen molar-refractivity contribution in [3.8, 4) is 0 Å². The average Bonchev–Trinajstić information content (AvgIpc) is 2.76. The van der Waals surface area contributed by atoms with Crippen LogP contribution in [0.2, 0.25) is 0 Å². The Bertz CT molecular complexity index is 542. The molecule has 1 N–H and O–H groups in total. The van der Waals surface area contributed by atoms with Crippen molar-refractivity contribution in [1.29, 1.82) is 0 Å². The Balaban J connectivity index is 2.21. The Morgan fingerprint density at radius 1 is 1.20 bits per heavy atom. The maximum Gasteiger partial charge on any atom is 0.0731 e. The van der Waals surface area contributed by atoms with E-state index in [1.807, 2.05) is 11.3 Å². The van der Waals surface area contributed by atoms with Gasteiger partial charge in [-0.15, -0.1) is 11.3 Å². The molecule has 1 atom stereocenters. The molecule has 2 aromatic rings. The fourth-order valence-corrected chi connectivity index (χ4v) is 3.95. The highest BCUT2D eigenvalue weighted by Gasteiger charge is 2.16. The lowest BCUT2D eigenvalue weighted by Gasteiger charge is -2.18. The lowest BCUT2D eigenvalue weighted by Crippen LogP contribution is -2.23. The van der Waals surface area contributed by atoms with Crippen LogP contribution in [0.15, 0.2) is 34.1 Å². The second-order valence-electron chi connectivity index (χ2n) is 5.24. The number of aryl methyl sites for hydroxylation is 2. The molecule has 1 aromatic heterocycles. The van der Waals surface area contributed by atoms with E-state index in [4.69, 9.17) is 0 Å². The van der Waals surface area contributed by atoms with Crippen molar-refractivity contribution in [3.05, 3.63) is 55.7 Å². The fraction of sp³-hybridized carbons (Fsp3) is 0.412. The summed E-state index contributed by atoms with van der Waals surface area (Å²) in [6.45, 7) is 7.63. The maximum absolute atomic E-state index is 3.69. The minimum Gasteiger partial charge on any atom is -0.309 e. The summed E-state index contributed by atoms with van der Waals surface area (Å²) >= 11 is 5.50. The highest BCUT2D eigenvalue weighted by Crippen LogP contribution is 2.33. The summed E-state index contributed by atoms with van der Waals surface area (Å²) in [4.78, 5) is 1.42. The predicted octanol–water partition coefficient (Wildman–Crippen LogP) is 5.41. The van der Waals surface area contributed by atoms with Gasteiger partial charge in [0.2, 0.25) is 0 Å². The average molecular weight is 352 g/mol. The van der Waals surface area contributed by atoms with Gasteiger partial charge in [0.15, 0.2) is 0 Å². The lowest BCUT2D eigenvalue weighted by molar-refractivity contribution is 0.535. The van der Waals surface area contributed by atoms with Crippen LogP contribution in [0.1, 0.15) is 41.0 Å². The number of nitrogens with one attached hydrogen (secondary N) is 1. The number of hydrogen-bond donors (Lipinski definition) is 1. The molecule has 3 heteroatoms. The van der Waals surface area contributed by atoms with Crippen molar-refractivity contribution in [3.63, 3.8) is 0 Å². The summed E-state index contributed by atoms with van der Waals surface area (Å²) in [5, 5.41) is 3.69. The number of hydrogen-bond acceptors (Lipinski definition) is 2. The monoisotopic (exact) mass is 351 g/mol. The van der Waals surface area contributed by atoms with E-state index < -0.39 is 0 Å². The van der Waals surface area contributed by atoms with Gasteiger partial charge < -0.3 is 5.32 Å². The van der Waals surface area contributed by atoms with Gasteiger partial charge in [-0.25, -0.2) is 0 Å². The molecule has 1 heterocycles. The zero-order valence-corrected chi connectivity index (χ0v) is 14.8. The van der Waals surface area contributed by atoms with Gasteiger partial charge in [-0.1, -0.05) is 31.2 Å². The van der Waals surface area contributed by atoms with Gasteiger partial charge in [0.05, 0.1) is 3.79 Å². The van der Waals surface area contributed by atoms with E-state index in [1.54, 1.807) is 0 Å². The number of benzene rings is 1. The summed E-state index contributed by atoms with van der Waals surface area (Å²) < 4.78 is 1.25. The van der Waals surface area contributed by atoms with Gasteiger partial charge in [-0.05, 0) is 71.9 Å². The molecule has 2 rings (SSSR count).